The molecule has 0 spiro atoms. The van der Waals surface area contributed by atoms with Crippen molar-refractivity contribution in [2.45, 2.75) is 26.2 Å². The van der Waals surface area contributed by atoms with Crippen molar-refractivity contribution in [3.8, 4) is 23.2 Å². The van der Waals surface area contributed by atoms with Gasteiger partial charge in [-0.3, -0.25) is 10.1 Å². The summed E-state index contributed by atoms with van der Waals surface area (Å²) in [5.74, 6) is 7.06. The maximum atomic E-state index is 5.10. The molecule has 1 N–H and O–H groups in total. The van der Waals surface area contributed by atoms with E-state index >= 15 is 0 Å². The maximum Gasteiger partial charge on any atom is 0.195 e. The van der Waals surface area contributed by atoms with Gasteiger partial charge >= 0.3 is 0 Å². The normalized spacial score (nSPS) is 10.0. The first-order valence-corrected chi connectivity index (χ1v) is 6.69. The highest BCUT2D eigenvalue weighted by molar-refractivity contribution is 7.71. The van der Waals surface area contributed by atoms with Crippen LogP contribution in [0.4, 0.5) is 0 Å². The number of rotatable bonds is 3. The van der Waals surface area contributed by atoms with Gasteiger partial charge in [0.05, 0.1) is 0 Å². The molecule has 0 aliphatic heterocycles. The Morgan fingerprint density at radius 2 is 2.26 bits per heavy atom. The molecule has 0 unspecified atom stereocenters. The van der Waals surface area contributed by atoms with Gasteiger partial charge in [0.2, 0.25) is 0 Å². The Hall–Kier alpha value is -1.93. The Bertz CT molecular complexity index is 672. The molecule has 0 amide bonds. The van der Waals surface area contributed by atoms with Crippen LogP contribution in [0.5, 0.6) is 0 Å². The van der Waals surface area contributed by atoms with Crippen LogP contribution in [-0.2, 0) is 7.05 Å². The van der Waals surface area contributed by atoms with Crippen LogP contribution in [0, 0.1) is 16.6 Å². The van der Waals surface area contributed by atoms with Gasteiger partial charge in [0.15, 0.2) is 10.6 Å². The van der Waals surface area contributed by atoms with Crippen molar-refractivity contribution in [3.63, 3.8) is 0 Å². The third kappa shape index (κ3) is 3.30. The van der Waals surface area contributed by atoms with Crippen molar-refractivity contribution < 1.29 is 0 Å². The minimum atomic E-state index is 0.592. The van der Waals surface area contributed by atoms with Crippen LogP contribution >= 0.6 is 12.2 Å². The number of unbranched alkanes of at least 4 members (excludes halogenated alkanes) is 2. The Labute approximate surface area is 117 Å². The molecular weight excluding hydrogens is 256 g/mol. The molecule has 0 aliphatic carbocycles. The van der Waals surface area contributed by atoms with Crippen molar-refractivity contribution in [1.82, 2.24) is 19.7 Å². The number of pyridine rings is 1. The van der Waals surface area contributed by atoms with E-state index in [1.54, 1.807) is 12.4 Å². The molecule has 0 aliphatic rings. The van der Waals surface area contributed by atoms with E-state index in [0.29, 0.717) is 4.77 Å². The van der Waals surface area contributed by atoms with Gasteiger partial charge in [0.1, 0.15) is 0 Å². The van der Waals surface area contributed by atoms with Crippen LogP contribution in [0.2, 0.25) is 0 Å². The monoisotopic (exact) mass is 272 g/mol. The van der Waals surface area contributed by atoms with E-state index in [-0.39, 0.29) is 0 Å². The van der Waals surface area contributed by atoms with Crippen molar-refractivity contribution in [2.24, 2.45) is 7.05 Å². The van der Waals surface area contributed by atoms with Gasteiger partial charge in [-0.2, -0.15) is 5.10 Å². The molecule has 0 saturated heterocycles. The molecule has 5 heteroatoms. The van der Waals surface area contributed by atoms with E-state index in [0.717, 1.165) is 36.2 Å². The molecule has 19 heavy (non-hydrogen) atoms. The number of aromatic nitrogens is 4. The Morgan fingerprint density at radius 3 is 2.95 bits per heavy atom. The molecule has 0 radical (unpaired) electrons. The van der Waals surface area contributed by atoms with Gasteiger partial charge in [-0.25, -0.2) is 0 Å². The fourth-order valence-electron chi connectivity index (χ4n) is 1.67. The van der Waals surface area contributed by atoms with Crippen LogP contribution in [-0.4, -0.2) is 19.7 Å². The molecule has 0 bridgehead atoms. The standard InChI is InChI=1S/C14H16N4S/c1-3-4-5-6-7-11-8-12(10-15-9-11)13-16-17-14(19)18(13)2/h8-10H,3-5H2,1-2H3,(H,17,19). The molecule has 0 fully saturated rings. The van der Waals surface area contributed by atoms with Gasteiger partial charge in [0.25, 0.3) is 0 Å². The van der Waals surface area contributed by atoms with Gasteiger partial charge in [-0.05, 0) is 24.7 Å². The minimum Gasteiger partial charge on any atom is -0.303 e. The molecule has 2 rings (SSSR count). The average Bonchev–Trinajstić information content (AvgIpc) is 2.76. The number of hydrogen-bond donors (Lipinski definition) is 1. The molecule has 0 atom stereocenters. The maximum absolute atomic E-state index is 5.10. The number of H-pyrrole nitrogens is 1. The summed E-state index contributed by atoms with van der Waals surface area (Å²) in [4.78, 5) is 4.21. The van der Waals surface area contributed by atoms with Crippen molar-refractivity contribution in [3.05, 3.63) is 28.8 Å². The van der Waals surface area contributed by atoms with E-state index in [2.05, 4.69) is 33.9 Å². The zero-order chi connectivity index (χ0) is 13.7. The third-order valence-electron chi connectivity index (χ3n) is 2.76. The molecule has 4 nitrogen and oxygen atoms in total. The summed E-state index contributed by atoms with van der Waals surface area (Å²) in [7, 11) is 1.88. The Balaban J connectivity index is 2.26. The summed E-state index contributed by atoms with van der Waals surface area (Å²) in [6.07, 6.45) is 6.75. The first-order valence-electron chi connectivity index (χ1n) is 6.28. The van der Waals surface area contributed by atoms with Crippen molar-refractivity contribution >= 4 is 12.2 Å². The molecule has 2 aromatic heterocycles. The number of nitrogens with zero attached hydrogens (tertiary/aromatic N) is 3. The van der Waals surface area contributed by atoms with E-state index in [1.807, 2.05) is 17.7 Å². The molecule has 2 aromatic rings. The van der Waals surface area contributed by atoms with Crippen molar-refractivity contribution in [2.75, 3.05) is 0 Å². The molecule has 2 heterocycles. The SMILES string of the molecule is CCCCC#Cc1cncc(-c2n[nH]c(=S)n2C)c1. The zero-order valence-corrected chi connectivity index (χ0v) is 11.9. The van der Waals surface area contributed by atoms with Crippen LogP contribution in [0.3, 0.4) is 0 Å². The lowest BCUT2D eigenvalue weighted by Crippen LogP contribution is -1.93. The summed E-state index contributed by atoms with van der Waals surface area (Å²) in [6, 6.07) is 1.98. The lowest BCUT2D eigenvalue weighted by atomic mass is 10.2. The van der Waals surface area contributed by atoms with E-state index in [9.17, 15) is 0 Å². The average molecular weight is 272 g/mol. The molecule has 0 aromatic carbocycles. The summed E-state index contributed by atoms with van der Waals surface area (Å²) >= 11 is 5.10. The number of aromatic amines is 1. The first kappa shape index (κ1) is 13.5. The minimum absolute atomic E-state index is 0.592. The Morgan fingerprint density at radius 1 is 1.42 bits per heavy atom. The Kier molecular flexibility index (Phi) is 4.48. The van der Waals surface area contributed by atoms with E-state index in [4.69, 9.17) is 12.2 Å². The van der Waals surface area contributed by atoms with Crippen LogP contribution < -0.4 is 0 Å². The van der Waals surface area contributed by atoms with E-state index < -0.39 is 0 Å². The molecule has 0 saturated carbocycles. The highest BCUT2D eigenvalue weighted by Crippen LogP contribution is 2.15. The number of nitrogens with one attached hydrogen (secondary N) is 1. The van der Waals surface area contributed by atoms with Crippen LogP contribution in [0.15, 0.2) is 18.5 Å². The van der Waals surface area contributed by atoms with Gasteiger partial charge in [-0.15, -0.1) is 0 Å². The predicted molar refractivity (Wildman–Crippen MR) is 78.0 cm³/mol. The van der Waals surface area contributed by atoms with Gasteiger partial charge in [-0.1, -0.05) is 25.2 Å². The van der Waals surface area contributed by atoms with Gasteiger partial charge in [0, 0.05) is 37.0 Å². The predicted octanol–water partition coefficient (Wildman–Crippen LogP) is 3.08. The molecule has 98 valence electrons. The summed E-state index contributed by atoms with van der Waals surface area (Å²) < 4.78 is 2.41. The second-order valence-electron chi connectivity index (χ2n) is 4.28. The summed E-state index contributed by atoms with van der Waals surface area (Å²) in [5.41, 5.74) is 1.82. The second kappa shape index (κ2) is 6.30. The lowest BCUT2D eigenvalue weighted by molar-refractivity contribution is 0.828. The van der Waals surface area contributed by atoms with E-state index in [1.165, 1.54) is 0 Å². The number of hydrogen-bond acceptors (Lipinski definition) is 3. The topological polar surface area (TPSA) is 46.5 Å². The van der Waals surface area contributed by atoms with Gasteiger partial charge < -0.3 is 4.57 Å². The lowest BCUT2D eigenvalue weighted by Gasteiger charge is -2.00. The smallest absolute Gasteiger partial charge is 0.195 e. The van der Waals surface area contributed by atoms with Crippen molar-refractivity contribution in [1.29, 1.82) is 0 Å². The highest BCUT2D eigenvalue weighted by atomic mass is 32.1. The first-order chi connectivity index (χ1) is 9.22. The third-order valence-corrected chi connectivity index (χ3v) is 3.13. The fraction of sp³-hybridized carbons (Fsp3) is 0.357. The van der Waals surface area contributed by atoms with Crippen LogP contribution in [0.25, 0.3) is 11.4 Å². The molecular formula is C14H16N4S. The quantitative estimate of drug-likeness (QED) is 0.530. The zero-order valence-electron chi connectivity index (χ0n) is 11.1. The fourth-order valence-corrected chi connectivity index (χ4v) is 1.80. The van der Waals surface area contributed by atoms with Crippen LogP contribution in [0.1, 0.15) is 31.7 Å². The summed E-state index contributed by atoms with van der Waals surface area (Å²) in [5, 5.41) is 6.96. The second-order valence-corrected chi connectivity index (χ2v) is 4.67. The summed E-state index contributed by atoms with van der Waals surface area (Å²) in [6.45, 7) is 2.16. The largest absolute Gasteiger partial charge is 0.303 e. The highest BCUT2D eigenvalue weighted by Gasteiger charge is 2.06.